The summed E-state index contributed by atoms with van der Waals surface area (Å²) in [4.78, 5) is 9.02. The van der Waals surface area contributed by atoms with Crippen LogP contribution < -0.4 is 4.90 Å². The second-order valence-electron chi connectivity index (χ2n) is 6.06. The Kier molecular flexibility index (Phi) is 2.47. The minimum atomic E-state index is 0.326. The van der Waals surface area contributed by atoms with Gasteiger partial charge in [-0.3, -0.25) is 4.98 Å². The van der Waals surface area contributed by atoms with E-state index in [-0.39, 0.29) is 0 Å². The molecule has 4 rings (SSSR count). The van der Waals surface area contributed by atoms with E-state index < -0.39 is 0 Å². The van der Waals surface area contributed by atoms with Crippen LogP contribution >= 0.6 is 0 Å². The van der Waals surface area contributed by atoms with Crippen LogP contribution in [0.15, 0.2) is 30.9 Å². The van der Waals surface area contributed by atoms with Gasteiger partial charge in [0.2, 0.25) is 0 Å². The van der Waals surface area contributed by atoms with E-state index in [1.165, 1.54) is 17.7 Å². The number of anilines is 1. The molecule has 102 valence electrons. The van der Waals surface area contributed by atoms with Crippen molar-refractivity contribution in [1.82, 2.24) is 9.88 Å². The fraction of sp³-hybridized carbons (Fsp3) is 0.562. The molecule has 1 fully saturated rings. The Hall–Kier alpha value is -1.51. The summed E-state index contributed by atoms with van der Waals surface area (Å²) in [5, 5.41) is 0. The zero-order valence-corrected chi connectivity index (χ0v) is 12.5. The maximum atomic E-state index is 4.30. The van der Waals surface area contributed by atoms with Crippen LogP contribution in [0.5, 0.6) is 0 Å². The maximum Gasteiger partial charge on any atom is 0.111 e. The van der Waals surface area contributed by atoms with Crippen LogP contribution in [0.1, 0.15) is 39.7 Å². The smallest absolute Gasteiger partial charge is 0.111 e. The fourth-order valence-electron chi connectivity index (χ4n) is 4.03. The number of fused-ring (bicyclic) bond motifs is 6. The van der Waals surface area contributed by atoms with Crippen molar-refractivity contribution in [2.24, 2.45) is 5.41 Å². The third kappa shape index (κ3) is 1.31. The minimum absolute atomic E-state index is 0.326. The molecule has 0 bridgehead atoms. The molecule has 1 aromatic heterocycles. The molecule has 0 radical (unpaired) electrons. The Morgan fingerprint density at radius 2 is 2.00 bits per heavy atom. The standard InChI is InChI=1S/C14H17N3.C2H6/c1-13-9-14(13,2)12-16(3)6-7-17(12)11-8-15-5-4-10(11)13;1-2/h4-8,12H,9H2,1-3H3;1-2H3. The predicted molar refractivity (Wildman–Crippen MR) is 78.8 cm³/mol. The summed E-state index contributed by atoms with van der Waals surface area (Å²) < 4.78 is 0. The highest BCUT2D eigenvalue weighted by molar-refractivity contribution is 5.66. The Morgan fingerprint density at radius 1 is 1.26 bits per heavy atom. The van der Waals surface area contributed by atoms with E-state index >= 15 is 0 Å². The fourth-order valence-corrected chi connectivity index (χ4v) is 4.03. The van der Waals surface area contributed by atoms with Crippen molar-refractivity contribution >= 4 is 5.69 Å². The number of hydrogen-bond acceptors (Lipinski definition) is 3. The van der Waals surface area contributed by atoms with E-state index in [0.717, 1.165) is 0 Å². The minimum Gasteiger partial charge on any atom is -0.358 e. The summed E-state index contributed by atoms with van der Waals surface area (Å²) in [6.45, 7) is 8.81. The van der Waals surface area contributed by atoms with Gasteiger partial charge in [-0.1, -0.05) is 27.7 Å². The average molecular weight is 257 g/mol. The summed E-state index contributed by atoms with van der Waals surface area (Å²) in [5.41, 5.74) is 3.44. The van der Waals surface area contributed by atoms with Crippen LogP contribution in [0.4, 0.5) is 5.69 Å². The van der Waals surface area contributed by atoms with Crippen molar-refractivity contribution < 1.29 is 0 Å². The van der Waals surface area contributed by atoms with Crippen LogP contribution in [-0.4, -0.2) is 23.1 Å². The average Bonchev–Trinajstić information content (AvgIpc) is 2.81. The number of aromatic nitrogens is 1. The van der Waals surface area contributed by atoms with E-state index in [9.17, 15) is 0 Å². The molecule has 3 aliphatic rings. The van der Waals surface area contributed by atoms with Gasteiger partial charge >= 0.3 is 0 Å². The lowest BCUT2D eigenvalue weighted by Gasteiger charge is -2.43. The second kappa shape index (κ2) is 3.75. The molecular formula is C16H23N3. The van der Waals surface area contributed by atoms with Crippen LogP contribution in [0.25, 0.3) is 0 Å². The van der Waals surface area contributed by atoms with Crippen LogP contribution in [0.2, 0.25) is 0 Å². The van der Waals surface area contributed by atoms with E-state index in [1.54, 1.807) is 0 Å². The molecular weight excluding hydrogens is 234 g/mol. The van der Waals surface area contributed by atoms with Gasteiger partial charge in [-0.25, -0.2) is 0 Å². The molecule has 3 heteroatoms. The largest absolute Gasteiger partial charge is 0.358 e. The monoisotopic (exact) mass is 257 g/mol. The van der Waals surface area contributed by atoms with Crippen molar-refractivity contribution in [2.45, 2.75) is 45.7 Å². The molecule has 1 aromatic rings. The topological polar surface area (TPSA) is 19.4 Å². The Balaban J connectivity index is 0.000000528. The first-order valence-electron chi connectivity index (χ1n) is 7.21. The first-order chi connectivity index (χ1) is 9.08. The van der Waals surface area contributed by atoms with Gasteiger partial charge in [0.1, 0.15) is 6.17 Å². The van der Waals surface area contributed by atoms with Gasteiger partial charge in [0.05, 0.1) is 11.9 Å². The molecule has 2 aliphatic heterocycles. The lowest BCUT2D eigenvalue weighted by molar-refractivity contribution is 0.219. The van der Waals surface area contributed by atoms with Crippen molar-refractivity contribution in [1.29, 1.82) is 0 Å². The van der Waals surface area contributed by atoms with Gasteiger partial charge in [-0.05, 0) is 18.1 Å². The molecule has 0 N–H and O–H groups in total. The summed E-state index contributed by atoms with van der Waals surface area (Å²) in [6.07, 6.45) is 10.0. The molecule has 3 nitrogen and oxygen atoms in total. The number of pyridine rings is 1. The maximum absolute atomic E-state index is 4.30. The number of nitrogens with zero attached hydrogens (tertiary/aromatic N) is 3. The molecule has 0 amide bonds. The van der Waals surface area contributed by atoms with E-state index in [0.29, 0.717) is 17.0 Å². The van der Waals surface area contributed by atoms with Crippen LogP contribution in [0, 0.1) is 5.41 Å². The molecule has 0 aromatic carbocycles. The predicted octanol–water partition coefficient (Wildman–Crippen LogP) is 3.34. The van der Waals surface area contributed by atoms with E-state index in [2.05, 4.69) is 54.1 Å². The van der Waals surface area contributed by atoms with Gasteiger partial charge < -0.3 is 9.80 Å². The van der Waals surface area contributed by atoms with E-state index in [4.69, 9.17) is 0 Å². The summed E-state index contributed by atoms with van der Waals surface area (Å²) in [7, 11) is 2.17. The Morgan fingerprint density at radius 3 is 2.74 bits per heavy atom. The summed E-state index contributed by atoms with van der Waals surface area (Å²) in [6, 6.07) is 2.20. The lowest BCUT2D eigenvalue weighted by atomic mass is 9.82. The third-order valence-corrected chi connectivity index (χ3v) is 5.21. The van der Waals surface area contributed by atoms with Gasteiger partial charge in [0, 0.05) is 36.5 Å². The highest BCUT2D eigenvalue weighted by Crippen LogP contribution is 2.72. The van der Waals surface area contributed by atoms with Gasteiger partial charge in [0.25, 0.3) is 0 Å². The highest BCUT2D eigenvalue weighted by Gasteiger charge is 2.71. The summed E-state index contributed by atoms with van der Waals surface area (Å²) in [5.74, 6) is 0. The van der Waals surface area contributed by atoms with Crippen molar-refractivity contribution in [2.75, 3.05) is 11.9 Å². The molecule has 19 heavy (non-hydrogen) atoms. The van der Waals surface area contributed by atoms with Crippen molar-refractivity contribution in [3.8, 4) is 0 Å². The molecule has 1 aliphatic carbocycles. The lowest BCUT2D eigenvalue weighted by Crippen LogP contribution is -2.49. The van der Waals surface area contributed by atoms with E-state index in [1.807, 2.05) is 26.2 Å². The highest BCUT2D eigenvalue weighted by atomic mass is 15.4. The second-order valence-corrected chi connectivity index (χ2v) is 6.06. The number of hydrogen-bond donors (Lipinski definition) is 0. The molecule has 0 spiro atoms. The van der Waals surface area contributed by atoms with Crippen molar-refractivity contribution in [3.63, 3.8) is 0 Å². The molecule has 0 saturated heterocycles. The van der Waals surface area contributed by atoms with Gasteiger partial charge in [-0.15, -0.1) is 0 Å². The summed E-state index contributed by atoms with van der Waals surface area (Å²) >= 11 is 0. The molecule has 3 atom stereocenters. The zero-order valence-electron chi connectivity index (χ0n) is 12.5. The molecule has 3 heterocycles. The first-order valence-corrected chi connectivity index (χ1v) is 7.21. The molecule has 3 unspecified atom stereocenters. The molecule has 1 saturated carbocycles. The van der Waals surface area contributed by atoms with Gasteiger partial charge in [-0.2, -0.15) is 0 Å². The number of rotatable bonds is 0. The third-order valence-electron chi connectivity index (χ3n) is 5.21. The normalized spacial score (nSPS) is 37.0. The Bertz CT molecular complexity index is 539. The first kappa shape index (κ1) is 12.5. The zero-order chi connectivity index (χ0) is 13.8. The SMILES string of the molecule is CC.CN1C=CN2c3cnccc3C3(C)CC3(C)C12. The van der Waals surface area contributed by atoms with Crippen molar-refractivity contribution in [3.05, 3.63) is 36.4 Å². The van der Waals surface area contributed by atoms with Gasteiger partial charge in [0.15, 0.2) is 0 Å². The quantitative estimate of drug-likeness (QED) is 0.710. The van der Waals surface area contributed by atoms with Crippen LogP contribution in [-0.2, 0) is 5.41 Å². The Labute approximate surface area is 115 Å². The van der Waals surface area contributed by atoms with Crippen LogP contribution in [0.3, 0.4) is 0 Å².